The molecule has 4 rings (SSSR count). The molecule has 0 aliphatic rings. The molecule has 4 aromatic rings. The van der Waals surface area contributed by atoms with Crippen LogP contribution in [0.5, 0.6) is 11.5 Å². The van der Waals surface area contributed by atoms with Crippen LogP contribution in [0.1, 0.15) is 47.8 Å². The summed E-state index contributed by atoms with van der Waals surface area (Å²) in [7, 11) is 1.63. The number of esters is 1. The topological polar surface area (TPSA) is 57.5 Å². The molecular formula is C28H27NO4. The summed E-state index contributed by atoms with van der Waals surface area (Å²) in [6.07, 6.45) is 2.08. The molecule has 0 spiro atoms. The van der Waals surface area contributed by atoms with Gasteiger partial charge in [0, 0.05) is 28.8 Å². The Labute approximate surface area is 193 Å². The second kappa shape index (κ2) is 9.74. The van der Waals surface area contributed by atoms with Gasteiger partial charge in [0.25, 0.3) is 0 Å². The highest BCUT2D eigenvalue weighted by atomic mass is 16.5. The number of rotatable bonds is 8. The summed E-state index contributed by atoms with van der Waals surface area (Å²) in [5, 5.41) is 0.748. The van der Waals surface area contributed by atoms with Crippen LogP contribution < -0.4 is 9.47 Å². The predicted octanol–water partition coefficient (Wildman–Crippen LogP) is 6.27. The monoisotopic (exact) mass is 441 g/mol. The van der Waals surface area contributed by atoms with E-state index in [1.165, 1.54) is 0 Å². The number of hydrogen-bond donors (Lipinski definition) is 0. The minimum absolute atomic E-state index is 0.0696. The number of carbonyl (C=O) groups is 2. The molecule has 5 nitrogen and oxygen atoms in total. The van der Waals surface area contributed by atoms with E-state index in [-0.39, 0.29) is 11.8 Å². The van der Waals surface area contributed by atoms with E-state index >= 15 is 0 Å². The van der Waals surface area contributed by atoms with Crippen molar-refractivity contribution in [2.75, 3.05) is 7.11 Å². The molecule has 0 saturated carbocycles. The fourth-order valence-electron chi connectivity index (χ4n) is 4.05. The Balaban J connectivity index is 1.86. The molecule has 3 aromatic carbocycles. The van der Waals surface area contributed by atoms with Crippen LogP contribution in [0.3, 0.4) is 0 Å². The van der Waals surface area contributed by atoms with Gasteiger partial charge < -0.3 is 14.0 Å². The van der Waals surface area contributed by atoms with Crippen LogP contribution in [0.2, 0.25) is 0 Å². The normalized spacial score (nSPS) is 10.9. The van der Waals surface area contributed by atoms with Crippen molar-refractivity contribution in [3.63, 3.8) is 0 Å². The number of ether oxygens (including phenoxy) is 2. The van der Waals surface area contributed by atoms with E-state index < -0.39 is 0 Å². The van der Waals surface area contributed by atoms with E-state index in [1.54, 1.807) is 19.2 Å². The Bertz CT molecular complexity index is 1290. The van der Waals surface area contributed by atoms with E-state index in [2.05, 4.69) is 0 Å². The van der Waals surface area contributed by atoms with E-state index in [4.69, 9.17) is 9.47 Å². The van der Waals surface area contributed by atoms with Gasteiger partial charge in [-0.2, -0.15) is 0 Å². The fourth-order valence-corrected chi connectivity index (χ4v) is 4.05. The van der Waals surface area contributed by atoms with E-state index in [9.17, 15) is 9.59 Å². The maximum Gasteiger partial charge on any atom is 0.311 e. The molecule has 0 radical (unpaired) electrons. The van der Waals surface area contributed by atoms with Gasteiger partial charge in [0.05, 0.1) is 18.2 Å². The summed E-state index contributed by atoms with van der Waals surface area (Å²) in [5.41, 5.74) is 3.81. The zero-order valence-electron chi connectivity index (χ0n) is 19.1. The molecule has 168 valence electrons. The number of aromatic nitrogens is 1. The molecule has 1 aromatic heterocycles. The third-order valence-electron chi connectivity index (χ3n) is 5.74. The summed E-state index contributed by atoms with van der Waals surface area (Å²) in [6, 6.07) is 22.4. The number of unbranched alkanes of at least 4 members (excludes halogenated alkanes) is 1. The average molecular weight is 442 g/mol. The molecule has 0 N–H and O–H groups in total. The molecule has 0 fully saturated rings. The van der Waals surface area contributed by atoms with Gasteiger partial charge in [-0.15, -0.1) is 0 Å². The van der Waals surface area contributed by atoms with Gasteiger partial charge in [0.1, 0.15) is 11.5 Å². The lowest BCUT2D eigenvalue weighted by molar-refractivity contribution is -0.134. The van der Waals surface area contributed by atoms with Gasteiger partial charge in [-0.3, -0.25) is 9.59 Å². The van der Waals surface area contributed by atoms with Gasteiger partial charge in [0.15, 0.2) is 5.78 Å². The Morgan fingerprint density at radius 2 is 1.61 bits per heavy atom. The van der Waals surface area contributed by atoms with Crippen molar-refractivity contribution in [3.05, 3.63) is 89.6 Å². The van der Waals surface area contributed by atoms with Crippen molar-refractivity contribution >= 4 is 22.7 Å². The third kappa shape index (κ3) is 4.53. The Kier molecular flexibility index (Phi) is 6.59. The Morgan fingerprint density at radius 3 is 2.27 bits per heavy atom. The summed E-state index contributed by atoms with van der Waals surface area (Å²) in [6.45, 7) is 3.97. The highest BCUT2D eigenvalue weighted by molar-refractivity contribution is 6.18. The second-order valence-electron chi connectivity index (χ2n) is 7.95. The highest BCUT2D eigenvalue weighted by Crippen LogP contribution is 2.34. The fraction of sp³-hybridized carbons (Fsp3) is 0.214. The molecular weight excluding hydrogens is 414 g/mol. The van der Waals surface area contributed by atoms with E-state index in [1.807, 2.05) is 79.1 Å². The van der Waals surface area contributed by atoms with E-state index in [0.29, 0.717) is 23.3 Å². The minimum atomic E-state index is -0.265. The molecule has 5 heteroatoms. The molecule has 0 aliphatic heterocycles. The first-order valence-corrected chi connectivity index (χ1v) is 11.1. The molecule has 0 aliphatic carbocycles. The van der Waals surface area contributed by atoms with Crippen molar-refractivity contribution in [1.29, 1.82) is 0 Å². The summed E-state index contributed by atoms with van der Waals surface area (Å²) in [5.74, 6) is 0.866. The summed E-state index contributed by atoms with van der Waals surface area (Å²) in [4.78, 5) is 25.8. The van der Waals surface area contributed by atoms with Gasteiger partial charge in [0.2, 0.25) is 0 Å². The zero-order chi connectivity index (χ0) is 23.4. The highest BCUT2D eigenvalue weighted by Gasteiger charge is 2.23. The maximum atomic E-state index is 13.6. The van der Waals surface area contributed by atoms with Crippen LogP contribution in [0.25, 0.3) is 16.6 Å². The van der Waals surface area contributed by atoms with Gasteiger partial charge in [-0.05, 0) is 55.8 Å². The average Bonchev–Trinajstić information content (AvgIpc) is 3.13. The third-order valence-corrected chi connectivity index (χ3v) is 5.74. The maximum absolute atomic E-state index is 13.6. The van der Waals surface area contributed by atoms with Gasteiger partial charge in [-0.25, -0.2) is 0 Å². The molecule has 0 unspecified atom stereocenters. The Morgan fingerprint density at radius 1 is 0.909 bits per heavy atom. The van der Waals surface area contributed by atoms with Crippen LogP contribution in [-0.2, 0) is 4.79 Å². The van der Waals surface area contributed by atoms with Crippen LogP contribution in [-0.4, -0.2) is 23.4 Å². The lowest BCUT2D eigenvalue weighted by Gasteiger charge is -2.10. The standard InChI is InChI=1S/C28H27NO4/c1-4-5-11-26(30)33-23-16-17-25-24(18-23)27(28(31)20-9-7-6-8-10-20)19(2)29(25)21-12-14-22(32-3)15-13-21/h6-10,12-18H,4-5,11H2,1-3H3. The number of ketones is 1. The van der Waals surface area contributed by atoms with Crippen molar-refractivity contribution in [2.24, 2.45) is 0 Å². The van der Waals surface area contributed by atoms with E-state index in [0.717, 1.165) is 40.9 Å². The first-order valence-electron chi connectivity index (χ1n) is 11.1. The first kappa shape index (κ1) is 22.3. The molecule has 0 saturated heterocycles. The number of fused-ring (bicyclic) bond motifs is 1. The summed E-state index contributed by atoms with van der Waals surface area (Å²) >= 11 is 0. The van der Waals surface area contributed by atoms with Crippen molar-refractivity contribution < 1.29 is 19.1 Å². The predicted molar refractivity (Wildman–Crippen MR) is 130 cm³/mol. The van der Waals surface area contributed by atoms with Crippen LogP contribution in [0.15, 0.2) is 72.8 Å². The van der Waals surface area contributed by atoms with Crippen LogP contribution in [0.4, 0.5) is 0 Å². The van der Waals surface area contributed by atoms with Crippen molar-refractivity contribution in [3.8, 4) is 17.2 Å². The van der Waals surface area contributed by atoms with Crippen molar-refractivity contribution in [2.45, 2.75) is 33.1 Å². The summed E-state index contributed by atoms with van der Waals surface area (Å²) < 4.78 is 12.9. The quantitative estimate of drug-likeness (QED) is 0.184. The number of benzene rings is 3. The molecule has 0 bridgehead atoms. The first-order chi connectivity index (χ1) is 16.0. The van der Waals surface area contributed by atoms with Crippen LogP contribution >= 0.6 is 0 Å². The smallest absolute Gasteiger partial charge is 0.311 e. The number of methoxy groups -OCH3 is 1. The number of hydrogen-bond acceptors (Lipinski definition) is 4. The molecule has 0 atom stereocenters. The minimum Gasteiger partial charge on any atom is -0.497 e. The molecule has 1 heterocycles. The molecule has 0 amide bonds. The zero-order valence-corrected chi connectivity index (χ0v) is 19.1. The van der Waals surface area contributed by atoms with Crippen LogP contribution in [0, 0.1) is 6.92 Å². The lowest BCUT2D eigenvalue weighted by atomic mass is 10.0. The van der Waals surface area contributed by atoms with Crippen molar-refractivity contribution in [1.82, 2.24) is 4.57 Å². The number of carbonyl (C=O) groups excluding carboxylic acids is 2. The molecule has 33 heavy (non-hydrogen) atoms. The SMILES string of the molecule is CCCCC(=O)Oc1ccc2c(c1)c(C(=O)c1ccccc1)c(C)n2-c1ccc(OC)cc1. The van der Waals surface area contributed by atoms with Gasteiger partial charge >= 0.3 is 5.97 Å². The van der Waals surface area contributed by atoms with Gasteiger partial charge in [-0.1, -0.05) is 43.7 Å². The second-order valence-corrected chi connectivity index (χ2v) is 7.95. The largest absolute Gasteiger partial charge is 0.497 e. The lowest BCUT2D eigenvalue weighted by Crippen LogP contribution is -2.07. The number of nitrogens with zero attached hydrogens (tertiary/aromatic N) is 1. The Hall–Kier alpha value is -3.86.